The third-order valence-corrected chi connectivity index (χ3v) is 2.54. The number of hydrogen-bond donors (Lipinski definition) is 3. The van der Waals surface area contributed by atoms with Crippen LogP contribution in [0.4, 0.5) is 0 Å². The van der Waals surface area contributed by atoms with Crippen LogP contribution < -0.4 is 5.84 Å². The summed E-state index contributed by atoms with van der Waals surface area (Å²) in [4.78, 5) is 8.16. The highest BCUT2D eigenvalue weighted by Crippen LogP contribution is 2.15. The quantitative estimate of drug-likeness (QED) is 0.507. The second-order valence-corrected chi connectivity index (χ2v) is 3.85. The van der Waals surface area contributed by atoms with E-state index in [1.165, 1.54) is 5.01 Å². The Hall–Kier alpha value is -0.980. The maximum atomic E-state index is 5.80. The average Bonchev–Trinajstić information content (AvgIpc) is 2.24. The molecule has 0 aliphatic carbocycles. The summed E-state index contributed by atoms with van der Waals surface area (Å²) in [6.45, 7) is 0. The number of rotatable bonds is 1. The van der Waals surface area contributed by atoms with Crippen LogP contribution in [0.3, 0.4) is 0 Å². The van der Waals surface area contributed by atoms with Gasteiger partial charge in [0.25, 0.3) is 0 Å². The molecule has 1 aromatic carbocycles. The van der Waals surface area contributed by atoms with Crippen LogP contribution in [-0.4, -0.2) is 21.5 Å². The summed E-state index contributed by atoms with van der Waals surface area (Å²) in [5.41, 5.74) is 0.478. The highest BCUT2D eigenvalue weighted by molar-refractivity contribution is 7.97. The van der Waals surface area contributed by atoms with Crippen molar-refractivity contribution in [3.05, 3.63) is 35.9 Å². The molecule has 1 aromatic rings. The fourth-order valence-electron chi connectivity index (χ4n) is 1.26. The van der Waals surface area contributed by atoms with Crippen LogP contribution in [0, 0.1) is 0 Å². The third-order valence-electron chi connectivity index (χ3n) is 1.96. The normalized spacial score (nSPS) is 21.0. The predicted octanol–water partition coefficient (Wildman–Crippen LogP) is 1.12. The second-order valence-electron chi connectivity index (χ2n) is 2.98. The van der Waals surface area contributed by atoms with E-state index in [0.717, 1.165) is 5.56 Å². The van der Waals surface area contributed by atoms with Gasteiger partial charge in [-0.15, -0.1) is 25.3 Å². The lowest BCUT2D eigenvalue weighted by Crippen LogP contribution is -2.45. The molecule has 0 bridgehead atoms. The Kier molecular flexibility index (Phi) is 2.99. The molecule has 2 N–H and O–H groups in total. The van der Waals surface area contributed by atoms with Crippen LogP contribution in [0.5, 0.6) is 0 Å². The summed E-state index contributed by atoms with van der Waals surface area (Å²) in [7, 11) is 0. The molecule has 0 fully saturated rings. The van der Waals surface area contributed by atoms with Gasteiger partial charge in [-0.3, -0.25) is 5.01 Å². The first-order valence-electron chi connectivity index (χ1n) is 4.31. The van der Waals surface area contributed by atoms with Crippen molar-refractivity contribution in [1.82, 2.24) is 5.01 Å². The van der Waals surface area contributed by atoms with Crippen LogP contribution in [0.1, 0.15) is 5.56 Å². The smallest absolute Gasteiger partial charge is 0.184 e. The van der Waals surface area contributed by atoms with Gasteiger partial charge in [-0.25, -0.2) is 15.8 Å². The molecule has 0 spiro atoms. The molecule has 78 valence electrons. The first-order valence-corrected chi connectivity index (χ1v) is 5.28. The van der Waals surface area contributed by atoms with Crippen molar-refractivity contribution in [2.45, 2.75) is 5.50 Å². The lowest BCUT2D eigenvalue weighted by Gasteiger charge is -2.27. The average molecular weight is 238 g/mol. The zero-order valence-electron chi connectivity index (χ0n) is 7.78. The molecule has 0 aromatic heterocycles. The number of hydrazine groups is 1. The van der Waals surface area contributed by atoms with Gasteiger partial charge >= 0.3 is 0 Å². The molecule has 4 nitrogen and oxygen atoms in total. The third kappa shape index (κ3) is 2.17. The van der Waals surface area contributed by atoms with E-state index in [4.69, 9.17) is 5.84 Å². The number of benzene rings is 1. The highest BCUT2D eigenvalue weighted by atomic mass is 32.1. The van der Waals surface area contributed by atoms with Crippen molar-refractivity contribution >= 4 is 36.3 Å². The van der Waals surface area contributed by atoms with E-state index in [1.807, 2.05) is 30.3 Å². The first kappa shape index (κ1) is 10.5. The van der Waals surface area contributed by atoms with E-state index in [1.54, 1.807) is 0 Å². The Labute approximate surface area is 98.7 Å². The fourth-order valence-corrected chi connectivity index (χ4v) is 1.77. The summed E-state index contributed by atoms with van der Waals surface area (Å²) in [5, 5.41) is 1.79. The molecule has 0 saturated heterocycles. The van der Waals surface area contributed by atoms with Crippen LogP contribution in [-0.2, 0) is 0 Å². The Bertz CT molecular complexity index is 415. The Morgan fingerprint density at radius 2 is 1.93 bits per heavy atom. The van der Waals surface area contributed by atoms with Crippen molar-refractivity contribution in [2.75, 3.05) is 0 Å². The molecule has 2 rings (SSSR count). The molecule has 15 heavy (non-hydrogen) atoms. The van der Waals surface area contributed by atoms with Crippen LogP contribution >= 0.6 is 25.3 Å². The maximum Gasteiger partial charge on any atom is 0.184 e. The first-order chi connectivity index (χ1) is 7.18. The molecule has 0 amide bonds. The molecular weight excluding hydrogens is 228 g/mol. The predicted molar refractivity (Wildman–Crippen MR) is 68.2 cm³/mol. The Morgan fingerprint density at radius 1 is 1.27 bits per heavy atom. The lowest BCUT2D eigenvalue weighted by molar-refractivity contribution is 0.421. The monoisotopic (exact) mass is 238 g/mol. The van der Waals surface area contributed by atoms with E-state index >= 15 is 0 Å². The molecular formula is C9H10N4S2. The van der Waals surface area contributed by atoms with E-state index in [-0.39, 0.29) is 0 Å². The van der Waals surface area contributed by atoms with Gasteiger partial charge in [0.05, 0.1) is 0 Å². The van der Waals surface area contributed by atoms with Gasteiger partial charge in [0.2, 0.25) is 0 Å². The minimum atomic E-state index is -0.440. The summed E-state index contributed by atoms with van der Waals surface area (Å²) in [6, 6.07) is 9.62. The fraction of sp³-hybridized carbons (Fsp3) is 0.111. The number of thiol groups is 2. The lowest BCUT2D eigenvalue weighted by atomic mass is 10.2. The van der Waals surface area contributed by atoms with Crippen LogP contribution in [0.25, 0.3) is 0 Å². The summed E-state index contributed by atoms with van der Waals surface area (Å²) >= 11 is 8.31. The summed E-state index contributed by atoms with van der Waals surface area (Å²) in [6.07, 6.45) is 0. The Balaban J connectivity index is 2.41. The van der Waals surface area contributed by atoms with Crippen LogP contribution in [0.15, 0.2) is 40.3 Å². The van der Waals surface area contributed by atoms with Crippen molar-refractivity contribution < 1.29 is 0 Å². The van der Waals surface area contributed by atoms with Crippen molar-refractivity contribution in [2.24, 2.45) is 15.8 Å². The van der Waals surface area contributed by atoms with E-state index in [2.05, 4.69) is 35.2 Å². The zero-order valence-corrected chi connectivity index (χ0v) is 9.57. The van der Waals surface area contributed by atoms with E-state index < -0.39 is 5.50 Å². The molecule has 1 aliphatic heterocycles. The molecule has 0 saturated carbocycles. The molecule has 1 unspecified atom stereocenters. The highest BCUT2D eigenvalue weighted by Gasteiger charge is 2.20. The van der Waals surface area contributed by atoms with Gasteiger partial charge in [0.15, 0.2) is 16.5 Å². The van der Waals surface area contributed by atoms with Gasteiger partial charge in [-0.1, -0.05) is 30.3 Å². The largest absolute Gasteiger partial charge is 0.260 e. The maximum absolute atomic E-state index is 5.80. The minimum Gasteiger partial charge on any atom is -0.260 e. The zero-order chi connectivity index (χ0) is 10.8. The van der Waals surface area contributed by atoms with Crippen molar-refractivity contribution in [3.63, 3.8) is 0 Å². The molecule has 1 heterocycles. The second kappa shape index (κ2) is 4.26. The van der Waals surface area contributed by atoms with Gasteiger partial charge in [0, 0.05) is 5.56 Å². The van der Waals surface area contributed by atoms with Crippen molar-refractivity contribution in [1.29, 1.82) is 0 Å². The van der Waals surface area contributed by atoms with Gasteiger partial charge in [-0.05, 0) is 0 Å². The van der Waals surface area contributed by atoms with E-state index in [0.29, 0.717) is 11.0 Å². The molecule has 1 aliphatic rings. The van der Waals surface area contributed by atoms with Gasteiger partial charge in [-0.2, -0.15) is 0 Å². The number of nitrogens with two attached hydrogens (primary N) is 1. The topological polar surface area (TPSA) is 54.0 Å². The molecule has 1 atom stereocenters. The molecule has 0 radical (unpaired) electrons. The van der Waals surface area contributed by atoms with Crippen molar-refractivity contribution in [3.8, 4) is 0 Å². The number of amidine groups is 2. The Morgan fingerprint density at radius 3 is 2.60 bits per heavy atom. The summed E-state index contributed by atoms with van der Waals surface area (Å²) in [5.74, 6) is 6.42. The SMILES string of the molecule is NN1C(c2ccccc2)=NC(S)=NC1S. The number of nitrogens with zero attached hydrogens (tertiary/aromatic N) is 3. The standard InChI is InChI=1S/C9H10N4S2/c10-13-7(6-4-2-1-3-5-6)11-8(14)12-9(13)15/h1-5,9,15H,10H2,(H,12,14). The summed E-state index contributed by atoms with van der Waals surface area (Å²) < 4.78 is 0. The number of aliphatic imine (C=N–C) groups is 2. The van der Waals surface area contributed by atoms with Gasteiger partial charge < -0.3 is 0 Å². The molecule has 6 heteroatoms. The van der Waals surface area contributed by atoms with Gasteiger partial charge in [0.1, 0.15) is 0 Å². The number of hydrogen-bond acceptors (Lipinski definition) is 5. The minimum absolute atomic E-state index is 0.385. The van der Waals surface area contributed by atoms with Crippen LogP contribution in [0.2, 0.25) is 0 Å². The van der Waals surface area contributed by atoms with E-state index in [9.17, 15) is 0 Å².